The Hall–Kier alpha value is -0.510. The Balaban J connectivity index is 2.89. The molecule has 0 radical (unpaired) electrons. The predicted molar refractivity (Wildman–Crippen MR) is 67.3 cm³/mol. The first kappa shape index (κ1) is 12.6. The van der Waals surface area contributed by atoms with Gasteiger partial charge in [0.2, 0.25) is 0 Å². The SMILES string of the molecule is CNC(CO)(CCSC)c1ccccc1. The standard InChI is InChI=1S/C12H19NOS/c1-13-12(10-14,8-9-15-2)11-6-4-3-5-7-11/h3-7,13-14H,8-10H2,1-2H3. The molecular formula is C12H19NOS. The highest BCUT2D eigenvalue weighted by Gasteiger charge is 2.28. The summed E-state index contributed by atoms with van der Waals surface area (Å²) in [5.41, 5.74) is 0.869. The highest BCUT2D eigenvalue weighted by molar-refractivity contribution is 7.98. The highest BCUT2D eigenvalue weighted by atomic mass is 32.2. The molecule has 1 aromatic carbocycles. The second-order valence-corrected chi connectivity index (χ2v) is 4.58. The molecule has 1 atom stereocenters. The van der Waals surface area contributed by atoms with E-state index in [9.17, 15) is 5.11 Å². The van der Waals surface area contributed by atoms with Gasteiger partial charge in [-0.3, -0.25) is 0 Å². The van der Waals surface area contributed by atoms with Crippen LogP contribution in [0.15, 0.2) is 30.3 Å². The van der Waals surface area contributed by atoms with Crippen molar-refractivity contribution in [3.05, 3.63) is 35.9 Å². The number of aliphatic hydroxyl groups is 1. The number of thioether (sulfide) groups is 1. The summed E-state index contributed by atoms with van der Waals surface area (Å²) >= 11 is 1.80. The minimum Gasteiger partial charge on any atom is -0.394 e. The van der Waals surface area contributed by atoms with Crippen LogP contribution in [-0.4, -0.2) is 30.8 Å². The second kappa shape index (κ2) is 6.16. The van der Waals surface area contributed by atoms with E-state index in [0.717, 1.165) is 17.7 Å². The van der Waals surface area contributed by atoms with Crippen LogP contribution in [0.5, 0.6) is 0 Å². The van der Waals surface area contributed by atoms with E-state index in [2.05, 4.69) is 23.7 Å². The normalized spacial score (nSPS) is 14.9. The van der Waals surface area contributed by atoms with Crippen LogP contribution < -0.4 is 5.32 Å². The average Bonchev–Trinajstić information content (AvgIpc) is 2.33. The van der Waals surface area contributed by atoms with Crippen molar-refractivity contribution >= 4 is 11.8 Å². The third kappa shape index (κ3) is 2.97. The van der Waals surface area contributed by atoms with Crippen molar-refractivity contribution in [1.82, 2.24) is 5.32 Å². The van der Waals surface area contributed by atoms with Crippen molar-refractivity contribution in [1.29, 1.82) is 0 Å². The molecule has 0 bridgehead atoms. The molecule has 0 aliphatic heterocycles. The Bertz CT molecular complexity index is 272. The lowest BCUT2D eigenvalue weighted by Crippen LogP contribution is -2.44. The predicted octanol–water partition coefficient (Wildman–Crippen LogP) is 1.85. The van der Waals surface area contributed by atoms with Gasteiger partial charge in [0.05, 0.1) is 12.1 Å². The van der Waals surface area contributed by atoms with Crippen molar-refractivity contribution in [2.45, 2.75) is 12.0 Å². The number of hydrogen-bond acceptors (Lipinski definition) is 3. The minimum atomic E-state index is -0.287. The third-order valence-corrected chi connectivity index (χ3v) is 3.42. The van der Waals surface area contributed by atoms with Gasteiger partial charge < -0.3 is 10.4 Å². The van der Waals surface area contributed by atoms with Gasteiger partial charge in [0.15, 0.2) is 0 Å². The second-order valence-electron chi connectivity index (χ2n) is 3.60. The molecule has 0 aromatic heterocycles. The molecule has 0 saturated carbocycles. The fourth-order valence-electron chi connectivity index (χ4n) is 1.70. The average molecular weight is 225 g/mol. The van der Waals surface area contributed by atoms with Gasteiger partial charge in [-0.1, -0.05) is 30.3 Å². The van der Waals surface area contributed by atoms with Crippen LogP contribution in [0.4, 0.5) is 0 Å². The number of nitrogens with one attached hydrogen (secondary N) is 1. The third-order valence-electron chi connectivity index (χ3n) is 2.81. The largest absolute Gasteiger partial charge is 0.394 e. The summed E-state index contributed by atoms with van der Waals surface area (Å²) in [4.78, 5) is 0. The number of aliphatic hydroxyl groups excluding tert-OH is 1. The molecule has 1 rings (SSSR count). The fraction of sp³-hybridized carbons (Fsp3) is 0.500. The Morgan fingerprint density at radius 2 is 2.00 bits per heavy atom. The van der Waals surface area contributed by atoms with E-state index in [4.69, 9.17) is 0 Å². The summed E-state index contributed by atoms with van der Waals surface area (Å²) in [6.45, 7) is 0.133. The van der Waals surface area contributed by atoms with E-state index in [0.29, 0.717) is 0 Å². The molecule has 0 aliphatic rings. The van der Waals surface area contributed by atoms with Gasteiger partial charge in [0.1, 0.15) is 0 Å². The molecule has 1 unspecified atom stereocenters. The van der Waals surface area contributed by atoms with Crippen molar-refractivity contribution in [3.8, 4) is 0 Å². The van der Waals surface area contributed by atoms with Crippen LogP contribution in [0.25, 0.3) is 0 Å². The number of likely N-dealkylation sites (N-methyl/N-ethyl adjacent to an activating group) is 1. The van der Waals surface area contributed by atoms with E-state index in [1.807, 2.05) is 25.2 Å². The van der Waals surface area contributed by atoms with Gasteiger partial charge in [-0.2, -0.15) is 11.8 Å². The zero-order chi connectivity index (χ0) is 11.1. The molecule has 0 spiro atoms. The van der Waals surface area contributed by atoms with Gasteiger partial charge >= 0.3 is 0 Å². The van der Waals surface area contributed by atoms with E-state index in [1.54, 1.807) is 11.8 Å². The monoisotopic (exact) mass is 225 g/mol. The maximum Gasteiger partial charge on any atom is 0.0674 e. The molecule has 15 heavy (non-hydrogen) atoms. The zero-order valence-electron chi connectivity index (χ0n) is 9.36. The van der Waals surface area contributed by atoms with Crippen LogP contribution in [-0.2, 0) is 5.54 Å². The van der Waals surface area contributed by atoms with Gasteiger partial charge in [-0.15, -0.1) is 0 Å². The Labute approximate surface area is 96.1 Å². The Kier molecular flexibility index (Phi) is 5.15. The first-order valence-corrected chi connectivity index (χ1v) is 6.52. The topological polar surface area (TPSA) is 32.3 Å². The first-order valence-electron chi connectivity index (χ1n) is 5.13. The fourth-order valence-corrected chi connectivity index (χ4v) is 2.25. The molecule has 0 amide bonds. The zero-order valence-corrected chi connectivity index (χ0v) is 10.2. The van der Waals surface area contributed by atoms with Crippen molar-refractivity contribution < 1.29 is 5.11 Å². The summed E-state index contributed by atoms with van der Waals surface area (Å²) in [6, 6.07) is 10.1. The van der Waals surface area contributed by atoms with E-state index in [1.165, 1.54) is 0 Å². The van der Waals surface area contributed by atoms with Crippen LogP contribution in [0.2, 0.25) is 0 Å². The number of hydrogen-bond donors (Lipinski definition) is 2. The maximum atomic E-state index is 9.58. The van der Waals surface area contributed by atoms with Gasteiger partial charge in [0.25, 0.3) is 0 Å². The summed E-state index contributed by atoms with van der Waals surface area (Å²) < 4.78 is 0. The van der Waals surface area contributed by atoms with Gasteiger partial charge in [-0.05, 0) is 31.0 Å². The lowest BCUT2D eigenvalue weighted by Gasteiger charge is -2.32. The maximum absolute atomic E-state index is 9.58. The molecular weight excluding hydrogens is 206 g/mol. The van der Waals surface area contributed by atoms with Gasteiger partial charge in [0, 0.05) is 0 Å². The molecule has 0 aliphatic carbocycles. The molecule has 2 nitrogen and oxygen atoms in total. The quantitative estimate of drug-likeness (QED) is 0.775. The van der Waals surface area contributed by atoms with E-state index < -0.39 is 0 Å². The van der Waals surface area contributed by atoms with E-state index >= 15 is 0 Å². The smallest absolute Gasteiger partial charge is 0.0674 e. The van der Waals surface area contributed by atoms with Crippen LogP contribution in [0, 0.1) is 0 Å². The van der Waals surface area contributed by atoms with Crippen molar-refractivity contribution in [3.63, 3.8) is 0 Å². The number of benzene rings is 1. The van der Waals surface area contributed by atoms with E-state index in [-0.39, 0.29) is 12.1 Å². The Morgan fingerprint density at radius 3 is 2.47 bits per heavy atom. The summed E-state index contributed by atoms with van der Waals surface area (Å²) in [5.74, 6) is 1.04. The molecule has 3 heteroatoms. The first-order chi connectivity index (χ1) is 7.29. The molecule has 84 valence electrons. The molecule has 0 heterocycles. The molecule has 0 fully saturated rings. The highest BCUT2D eigenvalue weighted by Crippen LogP contribution is 2.25. The molecule has 0 saturated heterocycles. The summed E-state index contributed by atoms with van der Waals surface area (Å²) in [7, 11) is 1.91. The lowest BCUT2D eigenvalue weighted by atomic mass is 9.88. The van der Waals surface area contributed by atoms with Crippen molar-refractivity contribution in [2.75, 3.05) is 25.7 Å². The molecule has 2 N–H and O–H groups in total. The van der Waals surface area contributed by atoms with Crippen LogP contribution >= 0.6 is 11.8 Å². The molecule has 1 aromatic rings. The summed E-state index contributed by atoms with van der Waals surface area (Å²) in [6.07, 6.45) is 3.02. The Morgan fingerprint density at radius 1 is 1.33 bits per heavy atom. The van der Waals surface area contributed by atoms with Crippen LogP contribution in [0.3, 0.4) is 0 Å². The minimum absolute atomic E-state index is 0.133. The number of rotatable bonds is 6. The van der Waals surface area contributed by atoms with Crippen LogP contribution in [0.1, 0.15) is 12.0 Å². The van der Waals surface area contributed by atoms with Crippen molar-refractivity contribution in [2.24, 2.45) is 0 Å². The summed E-state index contributed by atoms with van der Waals surface area (Å²) in [5, 5.41) is 12.8. The van der Waals surface area contributed by atoms with Gasteiger partial charge in [-0.25, -0.2) is 0 Å². The lowest BCUT2D eigenvalue weighted by molar-refractivity contribution is 0.165.